The lowest BCUT2D eigenvalue weighted by atomic mass is 10.1. The number of ether oxygens (including phenoxy) is 2. The van der Waals surface area contributed by atoms with Gasteiger partial charge in [-0.2, -0.15) is 0 Å². The molecule has 0 aliphatic rings. The maximum Gasteiger partial charge on any atom is 0.328 e. The number of methoxy groups -OCH3 is 1. The zero-order valence-electron chi connectivity index (χ0n) is 14.6. The predicted molar refractivity (Wildman–Crippen MR) is 98.6 cm³/mol. The van der Waals surface area contributed by atoms with Crippen molar-refractivity contribution in [2.24, 2.45) is 0 Å². The highest BCUT2D eigenvalue weighted by Gasteiger charge is 2.12. The van der Waals surface area contributed by atoms with Crippen molar-refractivity contribution >= 4 is 11.8 Å². The van der Waals surface area contributed by atoms with Gasteiger partial charge in [0.05, 0.1) is 12.7 Å². The van der Waals surface area contributed by atoms with Crippen LogP contribution in [0.15, 0.2) is 72.3 Å². The molecule has 0 heterocycles. The Morgan fingerprint density at radius 1 is 1.08 bits per heavy atom. The Hall–Kier alpha value is -3.34. The maximum atomic E-state index is 12.5. The number of hydrogen-bond acceptors (Lipinski definition) is 4. The van der Waals surface area contributed by atoms with Crippen LogP contribution in [0.4, 0.5) is 0 Å². The Morgan fingerprint density at radius 3 is 2.46 bits per heavy atom. The van der Waals surface area contributed by atoms with E-state index >= 15 is 0 Å². The SMILES string of the molecule is COc1ccc(OCc2ccccc2)c(C(=O)/C=C/C(C)=C/C(=O)O)c1. The molecule has 0 aromatic heterocycles. The van der Waals surface area contributed by atoms with Gasteiger partial charge in [0.1, 0.15) is 18.1 Å². The van der Waals surface area contributed by atoms with E-state index in [0.717, 1.165) is 11.6 Å². The molecule has 0 bridgehead atoms. The number of carbonyl (C=O) groups is 2. The number of allylic oxidation sites excluding steroid dienone is 3. The second kappa shape index (κ2) is 9.22. The fourth-order valence-electron chi connectivity index (χ4n) is 2.23. The molecule has 2 aromatic rings. The third-order valence-electron chi connectivity index (χ3n) is 3.54. The van der Waals surface area contributed by atoms with Gasteiger partial charge in [-0.05, 0) is 42.3 Å². The molecule has 0 spiro atoms. The number of benzene rings is 2. The van der Waals surface area contributed by atoms with Gasteiger partial charge >= 0.3 is 5.97 Å². The smallest absolute Gasteiger partial charge is 0.328 e. The van der Waals surface area contributed by atoms with Crippen LogP contribution in [0.25, 0.3) is 0 Å². The fraction of sp³-hybridized carbons (Fsp3) is 0.143. The average Bonchev–Trinajstić information content (AvgIpc) is 2.64. The number of rotatable bonds is 8. The standard InChI is InChI=1S/C21H20O5/c1-15(12-21(23)24)8-10-19(22)18-13-17(25-2)9-11-20(18)26-14-16-6-4-3-5-7-16/h3-13H,14H2,1-2H3,(H,23,24)/b10-8+,15-12+. The number of aliphatic carboxylic acids is 1. The third-order valence-corrected chi connectivity index (χ3v) is 3.54. The molecule has 0 fully saturated rings. The lowest BCUT2D eigenvalue weighted by Crippen LogP contribution is -2.03. The van der Waals surface area contributed by atoms with Crippen LogP contribution in [0, 0.1) is 0 Å². The summed E-state index contributed by atoms with van der Waals surface area (Å²) in [5.74, 6) is -0.395. The summed E-state index contributed by atoms with van der Waals surface area (Å²) in [7, 11) is 1.52. The summed E-state index contributed by atoms with van der Waals surface area (Å²) in [6, 6.07) is 14.6. The molecule has 0 atom stereocenters. The molecule has 0 aliphatic heterocycles. The van der Waals surface area contributed by atoms with E-state index in [2.05, 4.69) is 0 Å². The molecule has 2 rings (SSSR count). The number of carbonyl (C=O) groups excluding carboxylic acids is 1. The number of hydrogen-bond donors (Lipinski definition) is 1. The maximum absolute atomic E-state index is 12.5. The topological polar surface area (TPSA) is 72.8 Å². The van der Waals surface area contributed by atoms with Crippen LogP contribution < -0.4 is 9.47 Å². The highest BCUT2D eigenvalue weighted by atomic mass is 16.5. The molecule has 26 heavy (non-hydrogen) atoms. The van der Waals surface area contributed by atoms with Gasteiger partial charge in [0.25, 0.3) is 0 Å². The first-order chi connectivity index (χ1) is 12.5. The monoisotopic (exact) mass is 352 g/mol. The third kappa shape index (κ3) is 5.63. The van der Waals surface area contributed by atoms with E-state index in [4.69, 9.17) is 14.6 Å². The second-order valence-corrected chi connectivity index (χ2v) is 5.56. The fourth-order valence-corrected chi connectivity index (χ4v) is 2.23. The van der Waals surface area contributed by atoms with E-state index in [-0.39, 0.29) is 5.78 Å². The van der Waals surface area contributed by atoms with Crippen LogP contribution in [0.5, 0.6) is 11.5 Å². The number of carboxylic acids is 1. The minimum Gasteiger partial charge on any atom is -0.497 e. The molecule has 1 N–H and O–H groups in total. The molecule has 0 saturated heterocycles. The molecular weight excluding hydrogens is 332 g/mol. The second-order valence-electron chi connectivity index (χ2n) is 5.56. The molecule has 2 aromatic carbocycles. The molecule has 0 saturated carbocycles. The minimum absolute atomic E-state index is 0.301. The van der Waals surface area contributed by atoms with Crippen LogP contribution in [0.2, 0.25) is 0 Å². The highest BCUT2D eigenvalue weighted by Crippen LogP contribution is 2.26. The molecule has 0 radical (unpaired) electrons. The van der Waals surface area contributed by atoms with Crippen molar-refractivity contribution in [3.63, 3.8) is 0 Å². The lowest BCUT2D eigenvalue weighted by Gasteiger charge is -2.11. The Kier molecular flexibility index (Phi) is 6.74. The van der Waals surface area contributed by atoms with Gasteiger partial charge in [0.2, 0.25) is 0 Å². The van der Waals surface area contributed by atoms with Gasteiger partial charge in [-0.25, -0.2) is 4.79 Å². The van der Waals surface area contributed by atoms with Crippen molar-refractivity contribution in [1.29, 1.82) is 0 Å². The van der Waals surface area contributed by atoms with Crippen molar-refractivity contribution in [3.05, 3.63) is 83.5 Å². The first-order valence-corrected chi connectivity index (χ1v) is 7.98. The van der Waals surface area contributed by atoms with E-state index in [1.807, 2.05) is 30.3 Å². The zero-order valence-corrected chi connectivity index (χ0v) is 14.6. The molecule has 0 unspecified atom stereocenters. The van der Waals surface area contributed by atoms with Crippen molar-refractivity contribution in [1.82, 2.24) is 0 Å². The largest absolute Gasteiger partial charge is 0.497 e. The summed E-state index contributed by atoms with van der Waals surface area (Å²) in [6.45, 7) is 1.94. The summed E-state index contributed by atoms with van der Waals surface area (Å²) >= 11 is 0. The predicted octanol–water partition coefficient (Wildman–Crippen LogP) is 4.04. The van der Waals surface area contributed by atoms with Crippen molar-refractivity contribution in [2.45, 2.75) is 13.5 Å². The van der Waals surface area contributed by atoms with Crippen LogP contribution in [0.1, 0.15) is 22.8 Å². The summed E-state index contributed by atoms with van der Waals surface area (Å²) in [6.07, 6.45) is 3.80. The van der Waals surface area contributed by atoms with E-state index < -0.39 is 5.97 Å². The Morgan fingerprint density at radius 2 is 1.81 bits per heavy atom. The quantitative estimate of drug-likeness (QED) is 0.441. The summed E-state index contributed by atoms with van der Waals surface area (Å²) in [5.41, 5.74) is 1.79. The number of ketones is 1. The molecular formula is C21H20O5. The first kappa shape index (κ1) is 19.0. The zero-order chi connectivity index (χ0) is 18.9. The van der Waals surface area contributed by atoms with E-state index in [1.165, 1.54) is 19.3 Å². The molecule has 5 nitrogen and oxygen atoms in total. The number of carboxylic acid groups (broad SMARTS) is 1. The van der Waals surface area contributed by atoms with Crippen molar-refractivity contribution in [2.75, 3.05) is 7.11 Å². The first-order valence-electron chi connectivity index (χ1n) is 7.98. The van der Waals surface area contributed by atoms with Gasteiger partial charge in [-0.3, -0.25) is 4.79 Å². The normalized spacial score (nSPS) is 11.4. The van der Waals surface area contributed by atoms with Gasteiger partial charge in [-0.15, -0.1) is 0 Å². The molecule has 134 valence electrons. The van der Waals surface area contributed by atoms with Crippen LogP contribution >= 0.6 is 0 Å². The van der Waals surface area contributed by atoms with E-state index in [9.17, 15) is 9.59 Å². The van der Waals surface area contributed by atoms with Crippen molar-refractivity contribution in [3.8, 4) is 11.5 Å². The van der Waals surface area contributed by atoms with Crippen LogP contribution in [-0.2, 0) is 11.4 Å². The van der Waals surface area contributed by atoms with Gasteiger partial charge in [-0.1, -0.05) is 36.4 Å². The highest BCUT2D eigenvalue weighted by molar-refractivity contribution is 6.07. The van der Waals surface area contributed by atoms with Crippen LogP contribution in [-0.4, -0.2) is 24.0 Å². The Bertz CT molecular complexity index is 835. The lowest BCUT2D eigenvalue weighted by molar-refractivity contribution is -0.131. The summed E-state index contributed by atoms with van der Waals surface area (Å²) < 4.78 is 11.0. The van der Waals surface area contributed by atoms with Gasteiger partial charge < -0.3 is 14.6 Å². The average molecular weight is 352 g/mol. The van der Waals surface area contributed by atoms with E-state index in [0.29, 0.717) is 29.2 Å². The summed E-state index contributed by atoms with van der Waals surface area (Å²) in [4.78, 5) is 23.2. The van der Waals surface area contributed by atoms with Gasteiger partial charge in [0.15, 0.2) is 5.78 Å². The minimum atomic E-state index is -1.06. The van der Waals surface area contributed by atoms with Crippen molar-refractivity contribution < 1.29 is 24.2 Å². The van der Waals surface area contributed by atoms with Crippen LogP contribution in [0.3, 0.4) is 0 Å². The molecule has 5 heteroatoms. The summed E-state index contributed by atoms with van der Waals surface area (Å²) in [5, 5.41) is 8.73. The van der Waals surface area contributed by atoms with E-state index in [1.54, 1.807) is 25.1 Å². The van der Waals surface area contributed by atoms with Gasteiger partial charge in [0, 0.05) is 6.08 Å². The Balaban J connectivity index is 2.23. The molecule has 0 amide bonds. The Labute approximate surface area is 152 Å². The molecule has 0 aliphatic carbocycles.